The first kappa shape index (κ1) is 24.5. The first-order chi connectivity index (χ1) is 16.4. The van der Waals surface area contributed by atoms with Crippen LogP contribution in [0, 0.1) is 13.8 Å². The predicted octanol–water partition coefficient (Wildman–Crippen LogP) is 7.51. The average Bonchev–Trinajstić information content (AvgIpc) is 3.39. The number of benzene rings is 2. The van der Waals surface area contributed by atoms with Crippen LogP contribution in [0.25, 0.3) is 22.5 Å². The molecule has 34 heavy (non-hydrogen) atoms. The van der Waals surface area contributed by atoms with E-state index in [-0.39, 0.29) is 11.7 Å². The Morgan fingerprint density at radius 3 is 2.53 bits per heavy atom. The normalized spacial score (nSPS) is 10.9. The van der Waals surface area contributed by atoms with Gasteiger partial charge in [-0.2, -0.15) is 0 Å². The molecule has 0 saturated heterocycles. The molecule has 0 unspecified atom stereocenters. The number of hydrogen-bond acceptors (Lipinski definition) is 5. The third-order valence-corrected chi connectivity index (χ3v) is 7.65. The molecule has 0 fully saturated rings. The second kappa shape index (κ2) is 10.8. The van der Waals surface area contributed by atoms with Crippen LogP contribution in [0.2, 0.25) is 10.0 Å². The fraction of sp³-hybridized carbons (Fsp3) is 0.160. The Hall–Kier alpha value is -2.58. The number of allylic oxidation sites excluding steroid dienone is 1. The molecule has 4 rings (SSSR count). The molecule has 0 atom stereocenters. The summed E-state index contributed by atoms with van der Waals surface area (Å²) in [6.45, 7) is 8.59. The monoisotopic (exact) mass is 528 g/mol. The molecule has 5 nitrogen and oxygen atoms in total. The molecule has 1 N–H and O–H groups in total. The first-order valence-electron chi connectivity index (χ1n) is 10.4. The van der Waals surface area contributed by atoms with Gasteiger partial charge in [0.2, 0.25) is 5.91 Å². The van der Waals surface area contributed by atoms with E-state index in [0.717, 1.165) is 22.5 Å². The average molecular weight is 530 g/mol. The van der Waals surface area contributed by atoms with E-state index in [1.807, 2.05) is 4.57 Å². The molecule has 0 aliphatic carbocycles. The van der Waals surface area contributed by atoms with Gasteiger partial charge in [-0.05, 0) is 31.5 Å². The number of rotatable bonds is 8. The van der Waals surface area contributed by atoms with E-state index in [9.17, 15) is 4.79 Å². The number of aromatic nitrogens is 3. The molecule has 0 aliphatic heterocycles. The Labute approximate surface area is 216 Å². The van der Waals surface area contributed by atoms with Gasteiger partial charge in [-0.15, -0.1) is 28.1 Å². The number of carbonyl (C=O) groups excluding carboxylic acids is 1. The lowest BCUT2D eigenvalue weighted by molar-refractivity contribution is -0.113. The number of para-hydroxylation sites is 1. The fourth-order valence-electron chi connectivity index (χ4n) is 3.51. The highest BCUT2D eigenvalue weighted by molar-refractivity contribution is 7.99. The highest BCUT2D eigenvalue weighted by atomic mass is 35.5. The van der Waals surface area contributed by atoms with Crippen LogP contribution in [-0.2, 0) is 11.3 Å². The molecule has 4 aromatic rings. The summed E-state index contributed by atoms with van der Waals surface area (Å²) in [5.41, 5.74) is 4.91. The Morgan fingerprint density at radius 1 is 1.15 bits per heavy atom. The number of nitrogens with one attached hydrogen (secondary N) is 1. The van der Waals surface area contributed by atoms with E-state index in [0.29, 0.717) is 27.4 Å². The van der Waals surface area contributed by atoms with Crippen LogP contribution < -0.4 is 5.32 Å². The van der Waals surface area contributed by atoms with E-state index in [1.165, 1.54) is 22.2 Å². The summed E-state index contributed by atoms with van der Waals surface area (Å²) in [5, 5.41) is 15.2. The van der Waals surface area contributed by atoms with Crippen molar-refractivity contribution in [2.24, 2.45) is 0 Å². The molecule has 0 bridgehead atoms. The minimum Gasteiger partial charge on any atom is -0.323 e. The van der Waals surface area contributed by atoms with Crippen molar-refractivity contribution in [1.29, 1.82) is 0 Å². The van der Waals surface area contributed by atoms with E-state index < -0.39 is 0 Å². The molecular weight excluding hydrogens is 507 g/mol. The fourth-order valence-corrected chi connectivity index (χ4v) is 5.61. The number of thiophene rings is 1. The van der Waals surface area contributed by atoms with Crippen molar-refractivity contribution in [1.82, 2.24) is 14.8 Å². The summed E-state index contributed by atoms with van der Waals surface area (Å²) < 4.78 is 1.98. The zero-order chi connectivity index (χ0) is 24.2. The number of carbonyl (C=O) groups is 1. The van der Waals surface area contributed by atoms with Gasteiger partial charge in [0.1, 0.15) is 0 Å². The van der Waals surface area contributed by atoms with Crippen molar-refractivity contribution < 1.29 is 4.79 Å². The number of hydrogen-bond donors (Lipinski definition) is 1. The molecule has 0 spiro atoms. The molecular formula is C25H22Cl2N4OS2. The van der Waals surface area contributed by atoms with Crippen LogP contribution in [0.3, 0.4) is 0 Å². The van der Waals surface area contributed by atoms with E-state index in [2.05, 4.69) is 65.6 Å². The van der Waals surface area contributed by atoms with Gasteiger partial charge in [-0.3, -0.25) is 9.36 Å². The highest BCUT2D eigenvalue weighted by Gasteiger charge is 2.21. The first-order valence-corrected chi connectivity index (χ1v) is 13.1. The molecule has 0 saturated carbocycles. The second-order valence-corrected chi connectivity index (χ2v) is 10.4. The SMILES string of the molecule is C=CCn1c(SCC(=O)Nc2c(Cl)cccc2Cl)nnc1-c1csc(C)c1-c1ccc(C)cc1. The van der Waals surface area contributed by atoms with Gasteiger partial charge in [-0.25, -0.2) is 0 Å². The number of thioether (sulfide) groups is 1. The third-order valence-electron chi connectivity index (χ3n) is 5.14. The molecule has 2 aromatic heterocycles. The standard InChI is InChI=1S/C25H22Cl2N4OS2/c1-4-12-31-24(18-13-33-16(3)22(18)17-10-8-15(2)9-11-17)29-30-25(31)34-14-21(32)28-23-19(26)6-5-7-20(23)27/h4-11,13H,1,12,14H2,2-3H3,(H,28,32). The lowest BCUT2D eigenvalue weighted by atomic mass is 10.0. The zero-order valence-electron chi connectivity index (χ0n) is 18.6. The van der Waals surface area contributed by atoms with Gasteiger partial charge in [0.05, 0.1) is 21.5 Å². The molecule has 2 aromatic carbocycles. The summed E-state index contributed by atoms with van der Waals surface area (Å²) in [5.74, 6) is 0.642. The van der Waals surface area contributed by atoms with Crippen LogP contribution in [0.15, 0.2) is 65.7 Å². The summed E-state index contributed by atoms with van der Waals surface area (Å²) in [6, 6.07) is 13.6. The smallest absolute Gasteiger partial charge is 0.234 e. The second-order valence-electron chi connectivity index (χ2n) is 7.59. The molecule has 9 heteroatoms. The maximum atomic E-state index is 12.6. The van der Waals surface area contributed by atoms with E-state index >= 15 is 0 Å². The number of halogens is 2. The van der Waals surface area contributed by atoms with Crippen molar-refractivity contribution >= 4 is 57.9 Å². The number of amides is 1. The van der Waals surface area contributed by atoms with E-state index in [4.69, 9.17) is 23.2 Å². The van der Waals surface area contributed by atoms with Gasteiger partial charge in [0.25, 0.3) is 0 Å². The Morgan fingerprint density at radius 2 is 1.85 bits per heavy atom. The molecule has 2 heterocycles. The van der Waals surface area contributed by atoms with Crippen molar-refractivity contribution in [3.8, 4) is 22.5 Å². The minimum absolute atomic E-state index is 0.129. The van der Waals surface area contributed by atoms with Gasteiger partial charge in [-0.1, -0.05) is 76.9 Å². The highest BCUT2D eigenvalue weighted by Crippen LogP contribution is 2.39. The molecule has 0 radical (unpaired) electrons. The lowest BCUT2D eigenvalue weighted by Crippen LogP contribution is -2.15. The maximum absolute atomic E-state index is 12.6. The van der Waals surface area contributed by atoms with Crippen LogP contribution in [0.4, 0.5) is 5.69 Å². The molecule has 0 aliphatic rings. The lowest BCUT2D eigenvalue weighted by Gasteiger charge is -2.11. The maximum Gasteiger partial charge on any atom is 0.234 e. The van der Waals surface area contributed by atoms with Crippen molar-refractivity contribution in [2.75, 3.05) is 11.1 Å². The summed E-state index contributed by atoms with van der Waals surface area (Å²) in [4.78, 5) is 13.8. The minimum atomic E-state index is -0.235. The predicted molar refractivity (Wildman–Crippen MR) is 144 cm³/mol. The van der Waals surface area contributed by atoms with Crippen molar-refractivity contribution in [3.63, 3.8) is 0 Å². The van der Waals surface area contributed by atoms with Gasteiger partial charge >= 0.3 is 0 Å². The Kier molecular flexibility index (Phi) is 7.78. The quantitative estimate of drug-likeness (QED) is 0.190. The van der Waals surface area contributed by atoms with Crippen molar-refractivity contribution in [2.45, 2.75) is 25.5 Å². The van der Waals surface area contributed by atoms with Crippen LogP contribution in [0.1, 0.15) is 10.4 Å². The Balaban J connectivity index is 1.59. The van der Waals surface area contributed by atoms with Gasteiger partial charge in [0.15, 0.2) is 11.0 Å². The Bertz CT molecular complexity index is 1330. The van der Waals surface area contributed by atoms with Gasteiger partial charge in [0, 0.05) is 27.9 Å². The number of nitrogens with zero attached hydrogens (tertiary/aromatic N) is 3. The van der Waals surface area contributed by atoms with Crippen LogP contribution in [0.5, 0.6) is 0 Å². The molecule has 174 valence electrons. The van der Waals surface area contributed by atoms with E-state index in [1.54, 1.807) is 35.6 Å². The summed E-state index contributed by atoms with van der Waals surface area (Å²) >= 11 is 15.3. The summed E-state index contributed by atoms with van der Waals surface area (Å²) in [7, 11) is 0. The van der Waals surface area contributed by atoms with Crippen LogP contribution in [-0.4, -0.2) is 26.4 Å². The third kappa shape index (κ3) is 5.23. The zero-order valence-corrected chi connectivity index (χ0v) is 21.8. The van der Waals surface area contributed by atoms with Crippen molar-refractivity contribution in [3.05, 3.63) is 81.0 Å². The van der Waals surface area contributed by atoms with Crippen LogP contribution >= 0.6 is 46.3 Å². The number of anilines is 1. The largest absolute Gasteiger partial charge is 0.323 e. The molecule has 1 amide bonds. The summed E-state index contributed by atoms with van der Waals surface area (Å²) in [6.07, 6.45) is 1.80. The topological polar surface area (TPSA) is 59.8 Å². The van der Waals surface area contributed by atoms with Gasteiger partial charge < -0.3 is 5.32 Å². The number of aryl methyl sites for hydroxylation is 2.